The number of nitrogens with zero attached hydrogens (tertiary/aromatic N) is 3. The average molecular weight is 1200 g/mol. The molecule has 0 radical (unpaired) electrons. The van der Waals surface area contributed by atoms with Crippen LogP contribution in [0.3, 0.4) is 0 Å². The quantitative estimate of drug-likeness (QED) is 0.0722. The highest BCUT2D eigenvalue weighted by Gasteiger charge is 2.13. The van der Waals surface area contributed by atoms with Crippen molar-refractivity contribution in [1.29, 1.82) is 0 Å². The summed E-state index contributed by atoms with van der Waals surface area (Å²) in [5.41, 5.74) is 11.7. The maximum absolute atomic E-state index is 10.5. The van der Waals surface area contributed by atoms with Crippen molar-refractivity contribution in [3.8, 4) is 12.3 Å². The highest BCUT2D eigenvalue weighted by atomic mass is 16.3. The van der Waals surface area contributed by atoms with Crippen LogP contribution in [0, 0.1) is 12.3 Å². The van der Waals surface area contributed by atoms with Crippen molar-refractivity contribution in [1.82, 2.24) is 57.3 Å². The normalized spacial score (nSPS) is 8.64. The molecule has 0 fully saturated rings. The number of primary amides is 2. The van der Waals surface area contributed by atoms with Gasteiger partial charge in [-0.15, -0.1) is 6.42 Å². The number of carbonyl (C=O) groups is 12. The Labute approximate surface area is 502 Å². The zero-order chi connectivity index (χ0) is 64.7. The van der Waals surface area contributed by atoms with E-state index in [0.29, 0.717) is 26.2 Å². The number of aliphatic hydroxyl groups is 2. The number of amides is 11. The molecule has 1 heterocycles. The molecule has 0 aliphatic carbocycles. The van der Waals surface area contributed by atoms with Crippen LogP contribution in [-0.4, -0.2) is 182 Å². The zero-order valence-corrected chi connectivity index (χ0v) is 50.6. The third-order valence-electron chi connectivity index (χ3n) is 7.48. The van der Waals surface area contributed by atoms with Crippen molar-refractivity contribution in [2.45, 2.75) is 137 Å². The number of carbonyl (C=O) groups excluding carboxylic acids is 12. The van der Waals surface area contributed by atoms with Gasteiger partial charge in [0.15, 0.2) is 0 Å². The summed E-state index contributed by atoms with van der Waals surface area (Å²) in [7, 11) is 7.40. The molecule has 0 aliphatic rings. The molecule has 1 unspecified atom stereocenters. The summed E-state index contributed by atoms with van der Waals surface area (Å²) in [6, 6.07) is 12.6. The van der Waals surface area contributed by atoms with Crippen molar-refractivity contribution >= 4 is 70.8 Å². The molecule has 1 aromatic heterocycles. The molecule has 11 amide bonds. The Morgan fingerprint density at radius 2 is 0.929 bits per heavy atom. The lowest BCUT2D eigenvalue weighted by Gasteiger charge is -2.09. The SMILES string of the molecule is C.C.C.C#CCNC(C)=O.CC(=O)N(C)C.CC(=O)NC(CO)C(N)=O.CC(=O)NCC(N)=O.CC(=O)NCCN(C)C.CC(=O)NCCO.CC(=O)NCc1ccccc1.CC(=O)NCc1ccncc1.CC(C)=O.CCCCNC(C)=O. The van der Waals surface area contributed by atoms with Crippen molar-refractivity contribution in [3.63, 3.8) is 0 Å². The average Bonchev–Trinajstić information content (AvgIpc) is 3.36. The molecular formula is C57H109N13O14. The van der Waals surface area contributed by atoms with E-state index < -0.39 is 30.4 Å². The van der Waals surface area contributed by atoms with Gasteiger partial charge in [-0.2, -0.15) is 0 Å². The van der Waals surface area contributed by atoms with Crippen molar-refractivity contribution in [2.75, 3.05) is 80.7 Å². The number of nitrogens with one attached hydrogen (secondary N) is 8. The molecule has 2 aromatic rings. The molecule has 27 nitrogen and oxygen atoms in total. The first-order valence-electron chi connectivity index (χ1n) is 25.0. The summed E-state index contributed by atoms with van der Waals surface area (Å²) in [4.78, 5) is 129. The van der Waals surface area contributed by atoms with E-state index in [4.69, 9.17) is 22.4 Å². The smallest absolute Gasteiger partial charge is 0.242 e. The molecule has 27 heteroatoms. The van der Waals surface area contributed by atoms with Crippen LogP contribution < -0.4 is 54.0 Å². The first-order chi connectivity index (χ1) is 37.6. The number of nitrogens with two attached hydrogens (primary N) is 2. The number of rotatable bonds is 18. The molecule has 0 aliphatic heterocycles. The van der Waals surface area contributed by atoms with Gasteiger partial charge in [0.25, 0.3) is 0 Å². The molecular weight excluding hydrogens is 1090 g/mol. The summed E-state index contributed by atoms with van der Waals surface area (Å²) in [6.45, 7) is 22.0. The minimum absolute atomic E-state index is 0. The monoisotopic (exact) mass is 1200 g/mol. The maximum Gasteiger partial charge on any atom is 0.242 e. The van der Waals surface area contributed by atoms with Crippen LogP contribution >= 0.6 is 0 Å². The van der Waals surface area contributed by atoms with Crippen LogP contribution in [0.25, 0.3) is 0 Å². The number of likely N-dealkylation sites (N-methyl/N-ethyl adjacent to an activating group) is 1. The Morgan fingerprint density at radius 1 is 0.560 bits per heavy atom. The van der Waals surface area contributed by atoms with E-state index in [0.717, 1.165) is 43.6 Å². The van der Waals surface area contributed by atoms with Gasteiger partial charge in [0.05, 0.1) is 26.3 Å². The van der Waals surface area contributed by atoms with Gasteiger partial charge in [-0.05, 0) is 57.6 Å². The Bertz CT molecular complexity index is 1990. The predicted molar refractivity (Wildman–Crippen MR) is 333 cm³/mol. The van der Waals surface area contributed by atoms with Crippen LogP contribution in [0.4, 0.5) is 0 Å². The Hall–Kier alpha value is -8.35. The molecule has 14 N–H and O–H groups in total. The van der Waals surface area contributed by atoms with Crippen LogP contribution in [0.1, 0.15) is 129 Å². The van der Waals surface area contributed by atoms with Gasteiger partial charge in [0, 0.05) is 128 Å². The van der Waals surface area contributed by atoms with Gasteiger partial charge in [0.2, 0.25) is 65.0 Å². The number of aliphatic hydroxyl groups excluding tert-OH is 2. The third-order valence-corrected chi connectivity index (χ3v) is 7.48. The van der Waals surface area contributed by atoms with E-state index in [1.54, 1.807) is 26.5 Å². The van der Waals surface area contributed by atoms with Gasteiger partial charge < -0.3 is 78.8 Å². The number of hydrogen-bond acceptors (Lipinski definition) is 16. The Kier molecular flexibility index (Phi) is 89.6. The largest absolute Gasteiger partial charge is 0.395 e. The van der Waals surface area contributed by atoms with Crippen molar-refractivity contribution in [3.05, 3.63) is 66.0 Å². The fourth-order valence-electron chi connectivity index (χ4n) is 3.52. The first kappa shape index (κ1) is 101. The molecule has 0 saturated carbocycles. The van der Waals surface area contributed by atoms with Gasteiger partial charge in [0.1, 0.15) is 11.8 Å². The van der Waals surface area contributed by atoms with Crippen LogP contribution in [0.2, 0.25) is 0 Å². The molecule has 1 atom stereocenters. The van der Waals surface area contributed by atoms with E-state index in [1.165, 1.54) is 81.1 Å². The second kappa shape index (κ2) is 74.7. The second-order valence-electron chi connectivity index (χ2n) is 16.6. The second-order valence-corrected chi connectivity index (χ2v) is 16.6. The Morgan fingerprint density at radius 3 is 1.17 bits per heavy atom. The van der Waals surface area contributed by atoms with Crippen LogP contribution in [0.15, 0.2) is 54.9 Å². The number of benzene rings is 1. The number of ketones is 1. The standard InChI is InChI=1S/C9H11NO.C8H10N2O.C6H14N2O.C6H13NO.C5H10N2O3.C5H7NO.C4H8N2O2.C4H9NO2.C4H9NO.C3H6O.3CH4/c1-8(11)10-7-9-5-3-2-4-6-9;1-7(11)10-6-8-2-4-9-5-3-8;1-6(9)7-4-5-8(2)3;1-3-4-5-7-6(2)8;1-3(9)7-4(2-8)5(6)10;1-3-4-6-5(2)7;1-3(7)6-2-4(5)8;1-4(7)5-2-3-6;1-4(6)5(2)3;1-3(2)4;;;/h2-6H,7H2,1H3,(H,10,11);2-5H,6H2,1H3,(H,10,11);4-5H2,1-3H3,(H,7,9);3-5H2,1-2H3,(H,7,8);4,8H,2H2,1H3,(H2,6,10)(H,7,9);1H,4H2,2H3,(H,6,7);2H2,1H3,(H2,5,8)(H,6,7);6H,2-3H2,1H3,(H,5,7);1-3H3;1-2H3;3*1H4. The van der Waals surface area contributed by atoms with Gasteiger partial charge in [-0.1, -0.05) is 71.9 Å². The van der Waals surface area contributed by atoms with E-state index in [-0.39, 0.29) is 88.5 Å². The van der Waals surface area contributed by atoms with E-state index in [1.807, 2.05) is 61.5 Å². The maximum atomic E-state index is 10.5. The molecule has 0 spiro atoms. The number of unbranched alkanes of at least 4 members (excludes halogenated alkanes) is 1. The number of Topliss-reactive ketones (excluding diaryl/α,β-unsaturated/α-hetero) is 1. The highest BCUT2D eigenvalue weighted by molar-refractivity contribution is 5.85. The summed E-state index contributed by atoms with van der Waals surface area (Å²) in [6.07, 6.45) is 10.4. The van der Waals surface area contributed by atoms with E-state index >= 15 is 0 Å². The summed E-state index contributed by atoms with van der Waals surface area (Å²) in [5.74, 6) is 0.538. The molecule has 0 saturated heterocycles. The van der Waals surface area contributed by atoms with Crippen molar-refractivity contribution in [2.24, 2.45) is 11.5 Å². The molecule has 1 aromatic carbocycles. The van der Waals surface area contributed by atoms with Gasteiger partial charge >= 0.3 is 0 Å². The molecule has 2 rings (SSSR count). The lowest BCUT2D eigenvalue weighted by atomic mass is 10.2. The number of terminal acetylenes is 1. The van der Waals surface area contributed by atoms with Crippen molar-refractivity contribution < 1.29 is 67.7 Å². The fraction of sp³-hybridized carbons (Fsp3) is 0.561. The summed E-state index contributed by atoms with van der Waals surface area (Å²) < 4.78 is 0. The minimum Gasteiger partial charge on any atom is -0.395 e. The van der Waals surface area contributed by atoms with Crippen LogP contribution in [-0.2, 0) is 70.6 Å². The lowest BCUT2D eigenvalue weighted by molar-refractivity contribution is -0.127. The fourth-order valence-corrected chi connectivity index (χ4v) is 3.52. The van der Waals surface area contributed by atoms with E-state index in [2.05, 4.69) is 66.1 Å². The predicted octanol–water partition coefficient (Wildman–Crippen LogP) is 0.692. The molecule has 486 valence electrons. The molecule has 0 bridgehead atoms. The van der Waals surface area contributed by atoms with Crippen LogP contribution in [0.5, 0.6) is 0 Å². The lowest BCUT2D eigenvalue weighted by Crippen LogP contribution is -2.45. The summed E-state index contributed by atoms with van der Waals surface area (Å²) >= 11 is 0. The number of hydrogen-bond donors (Lipinski definition) is 12. The number of pyridine rings is 1. The minimum atomic E-state index is -0.961. The summed E-state index contributed by atoms with van der Waals surface area (Å²) in [5, 5.41) is 36.6. The molecule has 84 heavy (non-hydrogen) atoms. The highest BCUT2D eigenvalue weighted by Crippen LogP contribution is 1.96. The topological polar surface area (TPSA) is 413 Å². The van der Waals surface area contributed by atoms with E-state index in [9.17, 15) is 57.5 Å². The van der Waals surface area contributed by atoms with Gasteiger partial charge in [-0.3, -0.25) is 57.7 Å². The Balaban J connectivity index is -0.0000000788. The number of aromatic nitrogens is 1. The third kappa shape index (κ3) is 126. The zero-order valence-electron chi connectivity index (χ0n) is 50.6. The first-order valence-corrected chi connectivity index (χ1v) is 25.0. The van der Waals surface area contributed by atoms with Gasteiger partial charge in [-0.25, -0.2) is 0 Å².